The molecule has 2 N–H and O–H groups in total. The van der Waals surface area contributed by atoms with Gasteiger partial charge in [-0.25, -0.2) is 0 Å². The summed E-state index contributed by atoms with van der Waals surface area (Å²) in [6, 6.07) is 12.3. The van der Waals surface area contributed by atoms with Crippen LogP contribution in [0.2, 0.25) is 0 Å². The van der Waals surface area contributed by atoms with Crippen molar-refractivity contribution in [3.8, 4) is 11.1 Å². The molecule has 0 saturated carbocycles. The average Bonchev–Trinajstić information content (AvgIpc) is 3.05. The summed E-state index contributed by atoms with van der Waals surface area (Å²) in [6.45, 7) is 2.72. The van der Waals surface area contributed by atoms with E-state index in [4.69, 9.17) is 10.5 Å². The first-order valence-electron chi connectivity index (χ1n) is 8.19. The quantitative estimate of drug-likeness (QED) is 0.750. The van der Waals surface area contributed by atoms with Crippen molar-refractivity contribution in [1.29, 1.82) is 0 Å². The minimum atomic E-state index is 0.666. The number of aromatic nitrogens is 2. The highest BCUT2D eigenvalue weighted by Gasteiger charge is 2.15. The van der Waals surface area contributed by atoms with Crippen molar-refractivity contribution in [1.82, 2.24) is 9.78 Å². The molecule has 4 heteroatoms. The summed E-state index contributed by atoms with van der Waals surface area (Å²) in [5.41, 5.74) is 9.25. The van der Waals surface area contributed by atoms with Crippen LogP contribution in [-0.4, -0.2) is 23.0 Å². The van der Waals surface area contributed by atoms with E-state index in [9.17, 15) is 0 Å². The summed E-state index contributed by atoms with van der Waals surface area (Å²) in [4.78, 5) is 0. The molecule has 2 heterocycles. The molecule has 118 valence electrons. The Balaban J connectivity index is 1.65. The van der Waals surface area contributed by atoms with Crippen LogP contribution in [0.5, 0.6) is 0 Å². The Morgan fingerprint density at radius 2 is 1.87 bits per heavy atom. The molecule has 0 bridgehead atoms. The van der Waals surface area contributed by atoms with Crippen LogP contribution in [0.15, 0.2) is 48.8 Å². The predicted octanol–water partition coefficient (Wildman–Crippen LogP) is 3.71. The first-order valence-corrected chi connectivity index (χ1v) is 8.19. The number of anilines is 1. The fourth-order valence-corrected chi connectivity index (χ4v) is 3.37. The van der Waals surface area contributed by atoms with Gasteiger partial charge >= 0.3 is 0 Å². The van der Waals surface area contributed by atoms with Crippen molar-refractivity contribution >= 4 is 16.5 Å². The van der Waals surface area contributed by atoms with E-state index >= 15 is 0 Å². The molecule has 0 aliphatic carbocycles. The van der Waals surface area contributed by atoms with Gasteiger partial charge in [0.2, 0.25) is 0 Å². The number of hydrogen-bond acceptors (Lipinski definition) is 3. The molecular formula is C19H21N3O. The van der Waals surface area contributed by atoms with Crippen molar-refractivity contribution in [3.05, 3.63) is 48.8 Å². The second kappa shape index (κ2) is 6.05. The number of fused-ring (bicyclic) bond motifs is 1. The molecule has 4 nitrogen and oxygen atoms in total. The summed E-state index contributed by atoms with van der Waals surface area (Å²) in [7, 11) is 0. The number of ether oxygens (including phenoxy) is 1. The van der Waals surface area contributed by atoms with Crippen LogP contribution >= 0.6 is 0 Å². The molecule has 1 aromatic heterocycles. The minimum absolute atomic E-state index is 0.666. The zero-order valence-electron chi connectivity index (χ0n) is 13.1. The Hall–Kier alpha value is -2.33. The van der Waals surface area contributed by atoms with Gasteiger partial charge in [-0.2, -0.15) is 5.10 Å². The molecule has 0 atom stereocenters. The Morgan fingerprint density at radius 3 is 2.70 bits per heavy atom. The zero-order chi connectivity index (χ0) is 15.6. The minimum Gasteiger partial charge on any atom is -0.398 e. The monoisotopic (exact) mass is 307 g/mol. The normalized spacial score (nSPS) is 16.0. The first kappa shape index (κ1) is 14.3. The third kappa shape index (κ3) is 2.82. The number of rotatable bonds is 3. The Morgan fingerprint density at radius 1 is 1.09 bits per heavy atom. The van der Waals surface area contributed by atoms with Crippen molar-refractivity contribution in [2.24, 2.45) is 5.92 Å². The highest BCUT2D eigenvalue weighted by Crippen LogP contribution is 2.31. The van der Waals surface area contributed by atoms with Crippen molar-refractivity contribution in [2.45, 2.75) is 19.4 Å². The third-order valence-electron chi connectivity index (χ3n) is 4.69. The summed E-state index contributed by atoms with van der Waals surface area (Å²) in [6.07, 6.45) is 6.35. The van der Waals surface area contributed by atoms with Crippen LogP contribution in [0.1, 0.15) is 12.8 Å². The van der Waals surface area contributed by atoms with Gasteiger partial charge in [0, 0.05) is 42.6 Å². The van der Waals surface area contributed by atoms with E-state index in [-0.39, 0.29) is 0 Å². The molecule has 1 aliphatic rings. The Bertz CT molecular complexity index is 818. The number of nitrogen functional groups attached to an aromatic ring is 1. The molecule has 0 spiro atoms. The lowest BCUT2D eigenvalue weighted by atomic mass is 9.99. The number of nitrogens with two attached hydrogens (primary N) is 1. The van der Waals surface area contributed by atoms with Crippen molar-refractivity contribution in [2.75, 3.05) is 18.9 Å². The molecule has 0 amide bonds. The van der Waals surface area contributed by atoms with Crippen LogP contribution in [0, 0.1) is 5.92 Å². The van der Waals surface area contributed by atoms with E-state index in [1.54, 1.807) is 0 Å². The fraction of sp³-hybridized carbons (Fsp3) is 0.316. The molecule has 23 heavy (non-hydrogen) atoms. The largest absolute Gasteiger partial charge is 0.398 e. The van der Waals surface area contributed by atoms with Gasteiger partial charge in [-0.3, -0.25) is 4.68 Å². The zero-order valence-corrected chi connectivity index (χ0v) is 13.1. The summed E-state index contributed by atoms with van der Waals surface area (Å²) >= 11 is 0. The van der Waals surface area contributed by atoms with E-state index in [1.807, 2.05) is 18.3 Å². The fourth-order valence-electron chi connectivity index (χ4n) is 3.37. The smallest absolute Gasteiger partial charge is 0.0568 e. The second-order valence-electron chi connectivity index (χ2n) is 6.25. The summed E-state index contributed by atoms with van der Waals surface area (Å²) in [5, 5.41) is 6.84. The average molecular weight is 307 g/mol. The third-order valence-corrected chi connectivity index (χ3v) is 4.69. The van der Waals surface area contributed by atoms with E-state index < -0.39 is 0 Å². The van der Waals surface area contributed by atoms with E-state index in [2.05, 4.69) is 40.2 Å². The number of benzene rings is 2. The first-order chi connectivity index (χ1) is 11.3. The highest BCUT2D eigenvalue weighted by molar-refractivity contribution is 6.02. The topological polar surface area (TPSA) is 53.1 Å². The highest BCUT2D eigenvalue weighted by atomic mass is 16.5. The van der Waals surface area contributed by atoms with E-state index in [0.717, 1.165) is 49.2 Å². The van der Waals surface area contributed by atoms with Gasteiger partial charge in [-0.1, -0.05) is 30.3 Å². The maximum absolute atomic E-state index is 6.10. The van der Waals surface area contributed by atoms with E-state index in [0.29, 0.717) is 5.92 Å². The maximum atomic E-state index is 6.10. The van der Waals surface area contributed by atoms with Crippen LogP contribution in [0.4, 0.5) is 5.69 Å². The predicted molar refractivity (Wildman–Crippen MR) is 93.1 cm³/mol. The summed E-state index contributed by atoms with van der Waals surface area (Å²) in [5.74, 6) is 0.666. The molecule has 1 aliphatic heterocycles. The van der Waals surface area contributed by atoms with Gasteiger partial charge in [0.25, 0.3) is 0 Å². The Labute approximate surface area is 135 Å². The van der Waals surface area contributed by atoms with Gasteiger partial charge in [-0.15, -0.1) is 0 Å². The molecule has 4 rings (SSSR count). The van der Waals surface area contributed by atoms with Crippen molar-refractivity contribution < 1.29 is 4.74 Å². The summed E-state index contributed by atoms with van der Waals surface area (Å²) < 4.78 is 7.50. The Kier molecular flexibility index (Phi) is 3.75. The molecule has 1 saturated heterocycles. The van der Waals surface area contributed by atoms with Crippen LogP contribution in [-0.2, 0) is 11.3 Å². The maximum Gasteiger partial charge on any atom is 0.0568 e. The van der Waals surface area contributed by atoms with E-state index in [1.165, 1.54) is 10.9 Å². The van der Waals surface area contributed by atoms with Crippen LogP contribution in [0.25, 0.3) is 21.9 Å². The number of hydrogen-bond donors (Lipinski definition) is 1. The molecule has 0 radical (unpaired) electrons. The molecule has 2 aromatic carbocycles. The lowest BCUT2D eigenvalue weighted by Gasteiger charge is -2.21. The molecule has 0 unspecified atom stereocenters. The molecule has 3 aromatic rings. The van der Waals surface area contributed by atoms with Crippen molar-refractivity contribution in [3.63, 3.8) is 0 Å². The molecular weight excluding hydrogens is 286 g/mol. The lowest BCUT2D eigenvalue weighted by molar-refractivity contribution is 0.0601. The van der Waals surface area contributed by atoms with Crippen LogP contribution < -0.4 is 5.73 Å². The van der Waals surface area contributed by atoms with Gasteiger partial charge in [0.15, 0.2) is 0 Å². The number of nitrogens with zero attached hydrogens (tertiary/aromatic N) is 2. The van der Waals surface area contributed by atoms with Gasteiger partial charge < -0.3 is 10.5 Å². The molecule has 1 fully saturated rings. The van der Waals surface area contributed by atoms with Gasteiger partial charge in [-0.05, 0) is 35.8 Å². The SMILES string of the molecule is Nc1ccc(-c2cnn(CC3CCOCC3)c2)c2ccccc12. The standard InChI is InChI=1S/C19H21N3O/c20-19-6-5-16(17-3-1-2-4-18(17)19)15-11-21-22(13-15)12-14-7-9-23-10-8-14/h1-6,11,13-14H,7-10,12,20H2. The van der Waals surface area contributed by atoms with Gasteiger partial charge in [0.1, 0.15) is 0 Å². The lowest BCUT2D eigenvalue weighted by Crippen LogP contribution is -2.20. The van der Waals surface area contributed by atoms with Crippen LogP contribution in [0.3, 0.4) is 0 Å². The second-order valence-corrected chi connectivity index (χ2v) is 6.25. The van der Waals surface area contributed by atoms with Gasteiger partial charge in [0.05, 0.1) is 6.20 Å².